The van der Waals surface area contributed by atoms with Gasteiger partial charge in [0.1, 0.15) is 23.1 Å². The van der Waals surface area contributed by atoms with Crippen LogP contribution in [0.25, 0.3) is 0 Å². The molecule has 0 aromatic heterocycles. The predicted octanol–water partition coefficient (Wildman–Crippen LogP) is 4.75. The van der Waals surface area contributed by atoms with Crippen molar-refractivity contribution in [2.75, 3.05) is 13.2 Å². The molecule has 24 heavy (non-hydrogen) atoms. The highest BCUT2D eigenvalue weighted by Gasteiger charge is 2.22. The molecule has 0 radical (unpaired) electrons. The van der Waals surface area contributed by atoms with Gasteiger partial charge in [-0.25, -0.2) is 0 Å². The second kappa shape index (κ2) is 7.41. The van der Waals surface area contributed by atoms with Gasteiger partial charge in [0.15, 0.2) is 0 Å². The van der Waals surface area contributed by atoms with Crippen molar-refractivity contribution in [1.82, 2.24) is 5.32 Å². The fraction of sp³-hybridized carbons (Fsp3) is 0.211. The normalized spacial score (nSPS) is 15.8. The molecular weight excluding hydrogens is 324 g/mol. The fourth-order valence-electron chi connectivity index (χ4n) is 2.66. The lowest BCUT2D eigenvalue weighted by Crippen LogP contribution is -2.29. The van der Waals surface area contributed by atoms with Crippen molar-refractivity contribution in [2.24, 2.45) is 0 Å². The van der Waals surface area contributed by atoms with Crippen LogP contribution in [0.1, 0.15) is 17.9 Å². The summed E-state index contributed by atoms with van der Waals surface area (Å²) in [4.78, 5) is 0. The van der Waals surface area contributed by atoms with Crippen molar-refractivity contribution in [3.8, 4) is 17.2 Å². The Labute approximate surface area is 146 Å². The zero-order valence-corrected chi connectivity index (χ0v) is 14.0. The number of hydrogen-bond donors (Lipinski definition) is 2. The first-order chi connectivity index (χ1) is 11.7. The maximum atomic E-state index is 7.65. The molecule has 0 aliphatic carbocycles. The number of amidine groups is 1. The molecule has 2 aromatic carbocycles. The van der Waals surface area contributed by atoms with Crippen molar-refractivity contribution in [1.29, 1.82) is 5.41 Å². The minimum atomic E-state index is 0.266. The van der Waals surface area contributed by atoms with Crippen molar-refractivity contribution < 1.29 is 9.47 Å². The zero-order chi connectivity index (χ0) is 16.9. The first kappa shape index (κ1) is 16.4. The lowest BCUT2D eigenvalue weighted by molar-refractivity contribution is 0.266. The van der Waals surface area contributed by atoms with Gasteiger partial charge in [-0.15, -0.1) is 0 Å². The van der Waals surface area contributed by atoms with Crippen LogP contribution in [0.5, 0.6) is 17.2 Å². The van der Waals surface area contributed by atoms with Gasteiger partial charge in [0.25, 0.3) is 0 Å². The maximum absolute atomic E-state index is 7.65. The van der Waals surface area contributed by atoms with E-state index >= 15 is 0 Å². The predicted molar refractivity (Wildman–Crippen MR) is 96.7 cm³/mol. The summed E-state index contributed by atoms with van der Waals surface area (Å²) < 4.78 is 11.6. The molecule has 0 saturated heterocycles. The van der Waals surface area contributed by atoms with Gasteiger partial charge in [-0.2, -0.15) is 0 Å². The van der Waals surface area contributed by atoms with Gasteiger partial charge >= 0.3 is 0 Å². The van der Waals surface area contributed by atoms with E-state index in [1.54, 1.807) is 12.1 Å². The van der Waals surface area contributed by atoms with Crippen molar-refractivity contribution >= 4 is 17.4 Å². The molecule has 0 saturated carbocycles. The first-order valence-electron chi connectivity index (χ1n) is 7.81. The molecule has 124 valence electrons. The first-order valence-corrected chi connectivity index (χ1v) is 8.18. The third-order valence-corrected chi connectivity index (χ3v) is 4.19. The van der Waals surface area contributed by atoms with Gasteiger partial charge in [0.2, 0.25) is 0 Å². The third-order valence-electron chi connectivity index (χ3n) is 3.94. The molecule has 1 aliphatic heterocycles. The maximum Gasteiger partial charge on any atom is 0.127 e. The van der Waals surface area contributed by atoms with E-state index < -0.39 is 0 Å². The second-order valence-corrected chi connectivity index (χ2v) is 6.02. The molecule has 5 heteroatoms. The van der Waals surface area contributed by atoms with E-state index in [0.29, 0.717) is 24.0 Å². The smallest absolute Gasteiger partial charge is 0.127 e. The summed E-state index contributed by atoms with van der Waals surface area (Å²) in [7, 11) is 0. The van der Waals surface area contributed by atoms with Gasteiger partial charge in [-0.1, -0.05) is 18.2 Å². The number of ether oxygens (including phenoxy) is 2. The summed E-state index contributed by atoms with van der Waals surface area (Å²) in [5, 5.41) is 11.4. The van der Waals surface area contributed by atoms with Crippen molar-refractivity contribution in [3.05, 3.63) is 65.7 Å². The molecule has 0 bridgehead atoms. The van der Waals surface area contributed by atoms with Crippen LogP contribution in [-0.4, -0.2) is 19.0 Å². The van der Waals surface area contributed by atoms with E-state index in [4.69, 9.17) is 26.5 Å². The van der Waals surface area contributed by atoms with Crippen LogP contribution < -0.4 is 14.8 Å². The van der Waals surface area contributed by atoms with Gasteiger partial charge in [0, 0.05) is 23.0 Å². The number of rotatable bonds is 5. The second-order valence-electron chi connectivity index (χ2n) is 5.59. The Kier molecular flexibility index (Phi) is 5.06. The highest BCUT2D eigenvalue weighted by atomic mass is 35.5. The van der Waals surface area contributed by atoms with Gasteiger partial charge in [0.05, 0.1) is 6.61 Å². The standard InChI is InChI=1S/C19H19ClN2O2/c1-2-19(21)22-12-13-9-10-23-18-8-7-16(11-17(13)18)24-15-5-3-14(20)4-6-15/h2-8,11,13H,1,9-10,12H2,(H2,21,22). The van der Waals surface area contributed by atoms with E-state index in [1.807, 2.05) is 30.3 Å². The molecule has 0 fully saturated rings. The number of nitrogens with one attached hydrogen (secondary N) is 2. The lowest BCUT2D eigenvalue weighted by atomic mass is 9.93. The van der Waals surface area contributed by atoms with Crippen LogP contribution >= 0.6 is 11.6 Å². The Morgan fingerprint density at radius 2 is 2.04 bits per heavy atom. The molecule has 1 unspecified atom stereocenters. The highest BCUT2D eigenvalue weighted by Crippen LogP contribution is 2.37. The van der Waals surface area contributed by atoms with Crippen molar-refractivity contribution in [2.45, 2.75) is 12.3 Å². The Bertz CT molecular complexity index is 744. The topological polar surface area (TPSA) is 54.3 Å². The summed E-state index contributed by atoms with van der Waals surface area (Å²) in [6.07, 6.45) is 2.40. The molecule has 1 heterocycles. The van der Waals surface area contributed by atoms with Crippen LogP contribution in [0.15, 0.2) is 55.1 Å². The Hall–Kier alpha value is -2.46. The minimum Gasteiger partial charge on any atom is -0.493 e. The van der Waals surface area contributed by atoms with Crippen LogP contribution in [0.2, 0.25) is 5.02 Å². The zero-order valence-electron chi connectivity index (χ0n) is 13.2. The van der Waals surface area contributed by atoms with Gasteiger partial charge in [-0.3, -0.25) is 5.41 Å². The average Bonchev–Trinajstić information content (AvgIpc) is 2.61. The molecule has 4 nitrogen and oxygen atoms in total. The summed E-state index contributed by atoms with van der Waals surface area (Å²) in [5.74, 6) is 2.96. The van der Waals surface area contributed by atoms with E-state index in [1.165, 1.54) is 6.08 Å². The molecule has 0 amide bonds. The van der Waals surface area contributed by atoms with Crippen LogP contribution in [0, 0.1) is 5.41 Å². The van der Waals surface area contributed by atoms with E-state index in [-0.39, 0.29) is 5.92 Å². The number of benzene rings is 2. The largest absolute Gasteiger partial charge is 0.493 e. The molecule has 2 aromatic rings. The van der Waals surface area contributed by atoms with E-state index in [2.05, 4.69) is 11.9 Å². The van der Waals surface area contributed by atoms with E-state index in [9.17, 15) is 0 Å². The van der Waals surface area contributed by atoms with Crippen LogP contribution in [0.4, 0.5) is 0 Å². The number of fused-ring (bicyclic) bond motifs is 1. The summed E-state index contributed by atoms with van der Waals surface area (Å²) in [6, 6.07) is 13.1. The van der Waals surface area contributed by atoms with E-state index in [0.717, 1.165) is 29.2 Å². The summed E-state index contributed by atoms with van der Waals surface area (Å²) >= 11 is 5.90. The Balaban J connectivity index is 1.78. The molecule has 3 rings (SSSR count). The summed E-state index contributed by atoms with van der Waals surface area (Å²) in [5.41, 5.74) is 1.09. The van der Waals surface area contributed by atoms with Gasteiger partial charge < -0.3 is 14.8 Å². The third kappa shape index (κ3) is 3.89. The molecule has 1 aliphatic rings. The Morgan fingerprint density at radius 3 is 2.79 bits per heavy atom. The molecular formula is C19H19ClN2O2. The molecule has 1 atom stereocenters. The number of halogens is 1. The van der Waals surface area contributed by atoms with Crippen molar-refractivity contribution in [3.63, 3.8) is 0 Å². The highest BCUT2D eigenvalue weighted by molar-refractivity contribution is 6.30. The Morgan fingerprint density at radius 1 is 1.29 bits per heavy atom. The lowest BCUT2D eigenvalue weighted by Gasteiger charge is -2.26. The quantitative estimate of drug-likeness (QED) is 0.609. The van der Waals surface area contributed by atoms with Crippen LogP contribution in [0.3, 0.4) is 0 Å². The monoisotopic (exact) mass is 342 g/mol. The van der Waals surface area contributed by atoms with Crippen LogP contribution in [-0.2, 0) is 0 Å². The fourth-order valence-corrected chi connectivity index (χ4v) is 2.79. The minimum absolute atomic E-state index is 0.266. The average molecular weight is 343 g/mol. The number of hydrogen-bond acceptors (Lipinski definition) is 3. The molecule has 2 N–H and O–H groups in total. The SMILES string of the molecule is C=CC(=N)NCC1CCOc2ccc(Oc3ccc(Cl)cc3)cc21. The summed E-state index contributed by atoms with van der Waals surface area (Å²) in [6.45, 7) is 4.95. The molecule has 0 spiro atoms. The van der Waals surface area contributed by atoms with Gasteiger partial charge in [-0.05, 0) is 55.0 Å².